The Labute approximate surface area is 153 Å². The minimum atomic E-state index is -0.254. The first kappa shape index (κ1) is 16.2. The molecule has 0 fully saturated rings. The van der Waals surface area contributed by atoms with Gasteiger partial charge in [-0.25, -0.2) is 0 Å². The van der Waals surface area contributed by atoms with Crippen LogP contribution in [0.4, 0.5) is 0 Å². The van der Waals surface area contributed by atoms with Gasteiger partial charge in [-0.15, -0.1) is 11.3 Å². The molecule has 0 aliphatic rings. The van der Waals surface area contributed by atoms with Crippen molar-refractivity contribution in [2.24, 2.45) is 0 Å². The van der Waals surface area contributed by atoms with E-state index >= 15 is 0 Å². The van der Waals surface area contributed by atoms with E-state index in [0.29, 0.717) is 29.4 Å². The number of aromatic amines is 1. The molecule has 1 aromatic carbocycles. The normalized spacial score (nSPS) is 10.8. The van der Waals surface area contributed by atoms with Crippen LogP contribution in [0.3, 0.4) is 0 Å². The number of aromatic nitrogens is 4. The quantitative estimate of drug-likeness (QED) is 0.547. The molecule has 0 atom stereocenters. The molecule has 4 aromatic rings. The molecule has 0 radical (unpaired) electrons. The summed E-state index contributed by atoms with van der Waals surface area (Å²) in [5.41, 5.74) is 2.03. The lowest BCUT2D eigenvalue weighted by Gasteiger charge is -2.03. The Hall–Kier alpha value is -3.26. The molecule has 0 bridgehead atoms. The summed E-state index contributed by atoms with van der Waals surface area (Å²) in [6.45, 7) is 0.162. The van der Waals surface area contributed by atoms with Crippen LogP contribution in [0.5, 0.6) is 0 Å². The van der Waals surface area contributed by atoms with Crippen molar-refractivity contribution in [3.63, 3.8) is 0 Å². The lowest BCUT2D eigenvalue weighted by atomic mass is 10.1. The van der Waals surface area contributed by atoms with E-state index in [4.69, 9.17) is 4.52 Å². The molecule has 0 aliphatic carbocycles. The number of H-pyrrole nitrogens is 1. The molecule has 0 spiro atoms. The monoisotopic (exact) mass is 365 g/mol. The predicted molar refractivity (Wildman–Crippen MR) is 96.6 cm³/mol. The van der Waals surface area contributed by atoms with Crippen LogP contribution in [0, 0.1) is 0 Å². The average Bonchev–Trinajstić information content (AvgIpc) is 3.43. The summed E-state index contributed by atoms with van der Waals surface area (Å²) in [5.74, 6) is 0.718. The van der Waals surface area contributed by atoms with Crippen molar-refractivity contribution in [3.8, 4) is 11.3 Å². The van der Waals surface area contributed by atoms with Crippen LogP contribution >= 0.6 is 11.3 Å². The average molecular weight is 365 g/mol. The van der Waals surface area contributed by atoms with Gasteiger partial charge in [-0.05, 0) is 11.4 Å². The number of thiophene rings is 1. The number of rotatable bonds is 6. The molecular weight excluding hydrogens is 350 g/mol. The molecule has 26 heavy (non-hydrogen) atoms. The molecule has 0 saturated carbocycles. The summed E-state index contributed by atoms with van der Waals surface area (Å²) < 4.78 is 5.20. The van der Waals surface area contributed by atoms with E-state index in [1.54, 1.807) is 11.3 Å². The van der Waals surface area contributed by atoms with Crippen LogP contribution in [0.15, 0.2) is 58.6 Å². The molecule has 3 heterocycles. The van der Waals surface area contributed by atoms with Crippen molar-refractivity contribution in [3.05, 3.63) is 76.2 Å². The molecule has 8 heteroatoms. The summed E-state index contributed by atoms with van der Waals surface area (Å²) in [6.07, 6.45) is 2.13. The predicted octanol–water partition coefficient (Wildman–Crippen LogP) is 3.04. The molecule has 0 aliphatic heterocycles. The summed E-state index contributed by atoms with van der Waals surface area (Å²) in [5, 5.41) is 15.6. The van der Waals surface area contributed by atoms with Gasteiger partial charge in [0.15, 0.2) is 5.82 Å². The maximum Gasteiger partial charge on any atom is 0.255 e. The van der Waals surface area contributed by atoms with E-state index in [1.807, 2.05) is 47.8 Å². The molecule has 0 unspecified atom stereocenters. The van der Waals surface area contributed by atoms with Crippen molar-refractivity contribution in [1.82, 2.24) is 25.7 Å². The fourth-order valence-electron chi connectivity index (χ4n) is 2.54. The van der Waals surface area contributed by atoms with Crippen molar-refractivity contribution >= 4 is 17.2 Å². The zero-order valence-electron chi connectivity index (χ0n) is 13.7. The van der Waals surface area contributed by atoms with Gasteiger partial charge >= 0.3 is 0 Å². The van der Waals surface area contributed by atoms with Crippen LogP contribution in [-0.2, 0) is 13.0 Å². The Bertz CT molecular complexity index is 992. The van der Waals surface area contributed by atoms with Gasteiger partial charge in [-0.2, -0.15) is 10.1 Å². The number of nitrogens with zero attached hydrogens (tertiary/aromatic N) is 3. The fraction of sp³-hybridized carbons (Fsp3) is 0.111. The van der Waals surface area contributed by atoms with E-state index < -0.39 is 0 Å². The summed E-state index contributed by atoms with van der Waals surface area (Å²) in [4.78, 5) is 17.9. The molecule has 7 nitrogen and oxygen atoms in total. The van der Waals surface area contributed by atoms with Crippen LogP contribution in [0.25, 0.3) is 11.3 Å². The van der Waals surface area contributed by atoms with Gasteiger partial charge in [0.1, 0.15) is 0 Å². The summed E-state index contributed by atoms with van der Waals surface area (Å²) >= 11 is 1.64. The van der Waals surface area contributed by atoms with Gasteiger partial charge in [0.25, 0.3) is 5.91 Å². The van der Waals surface area contributed by atoms with Crippen LogP contribution in [0.1, 0.15) is 27.0 Å². The second kappa shape index (κ2) is 7.32. The van der Waals surface area contributed by atoms with E-state index in [1.165, 1.54) is 6.20 Å². The summed E-state index contributed by atoms with van der Waals surface area (Å²) in [7, 11) is 0. The van der Waals surface area contributed by atoms with Crippen LogP contribution < -0.4 is 5.32 Å². The third-order valence-corrected chi connectivity index (χ3v) is 4.65. The number of amides is 1. The standard InChI is InChI=1S/C18H15N5O2S/c24-18(14-10-20-22-17(14)12-5-2-1-3-6-12)19-11-16-21-15(23-25-16)9-13-7-4-8-26-13/h1-8,10H,9,11H2,(H,19,24)(H,20,22). The van der Waals surface area contributed by atoms with Gasteiger partial charge in [-0.3, -0.25) is 9.89 Å². The Morgan fingerprint density at radius 3 is 2.88 bits per heavy atom. The Kier molecular flexibility index (Phi) is 4.57. The topological polar surface area (TPSA) is 96.7 Å². The Balaban J connectivity index is 1.41. The minimum absolute atomic E-state index is 0.162. The van der Waals surface area contributed by atoms with Gasteiger partial charge in [0, 0.05) is 16.9 Å². The number of carbonyl (C=O) groups excluding carboxylic acids is 1. The van der Waals surface area contributed by atoms with Crippen molar-refractivity contribution in [2.75, 3.05) is 0 Å². The van der Waals surface area contributed by atoms with Crippen LogP contribution in [-0.4, -0.2) is 26.2 Å². The lowest BCUT2D eigenvalue weighted by Crippen LogP contribution is -2.23. The van der Waals surface area contributed by atoms with Gasteiger partial charge < -0.3 is 9.84 Å². The first-order valence-corrected chi connectivity index (χ1v) is 8.88. The SMILES string of the molecule is O=C(NCc1nc(Cc2cccs2)no1)c1cn[nH]c1-c1ccccc1. The molecule has 4 rings (SSSR count). The molecule has 2 N–H and O–H groups in total. The highest BCUT2D eigenvalue weighted by Crippen LogP contribution is 2.20. The number of hydrogen-bond acceptors (Lipinski definition) is 6. The van der Waals surface area contributed by atoms with Crippen molar-refractivity contribution < 1.29 is 9.32 Å². The number of benzene rings is 1. The largest absolute Gasteiger partial charge is 0.343 e. The zero-order chi connectivity index (χ0) is 17.8. The lowest BCUT2D eigenvalue weighted by molar-refractivity contribution is 0.0947. The maximum atomic E-state index is 12.5. The second-order valence-electron chi connectivity index (χ2n) is 5.57. The van der Waals surface area contributed by atoms with E-state index in [9.17, 15) is 4.79 Å². The summed E-state index contributed by atoms with van der Waals surface area (Å²) in [6, 6.07) is 13.6. The molecular formula is C18H15N5O2S. The maximum absolute atomic E-state index is 12.5. The Morgan fingerprint density at radius 1 is 1.19 bits per heavy atom. The Morgan fingerprint density at radius 2 is 2.08 bits per heavy atom. The molecule has 0 saturated heterocycles. The highest BCUT2D eigenvalue weighted by molar-refractivity contribution is 7.09. The van der Waals surface area contributed by atoms with Crippen molar-refractivity contribution in [1.29, 1.82) is 0 Å². The third-order valence-electron chi connectivity index (χ3n) is 3.77. The molecule has 1 amide bonds. The first-order valence-electron chi connectivity index (χ1n) is 8.00. The highest BCUT2D eigenvalue weighted by Gasteiger charge is 2.16. The van der Waals surface area contributed by atoms with E-state index in [0.717, 1.165) is 10.4 Å². The van der Waals surface area contributed by atoms with Crippen LogP contribution in [0.2, 0.25) is 0 Å². The number of hydrogen-bond donors (Lipinski definition) is 2. The first-order chi connectivity index (χ1) is 12.8. The number of nitrogens with one attached hydrogen (secondary N) is 2. The second-order valence-corrected chi connectivity index (χ2v) is 6.60. The van der Waals surface area contributed by atoms with Gasteiger partial charge in [0.05, 0.1) is 24.0 Å². The fourth-order valence-corrected chi connectivity index (χ4v) is 3.24. The molecule has 3 aromatic heterocycles. The van der Waals surface area contributed by atoms with Gasteiger partial charge in [0.2, 0.25) is 5.89 Å². The zero-order valence-corrected chi connectivity index (χ0v) is 14.5. The van der Waals surface area contributed by atoms with Crippen molar-refractivity contribution in [2.45, 2.75) is 13.0 Å². The van der Waals surface area contributed by atoms with E-state index in [2.05, 4.69) is 25.7 Å². The van der Waals surface area contributed by atoms with E-state index in [-0.39, 0.29) is 12.5 Å². The highest BCUT2D eigenvalue weighted by atomic mass is 32.1. The third kappa shape index (κ3) is 3.55. The molecule has 130 valence electrons. The van der Waals surface area contributed by atoms with Gasteiger partial charge in [-0.1, -0.05) is 41.6 Å². The minimum Gasteiger partial charge on any atom is -0.343 e. The smallest absolute Gasteiger partial charge is 0.255 e. The number of carbonyl (C=O) groups is 1.